The standard InChI is InChI=1S/C22H17N3OS/c26-22(21-20(24-15-27-21)18-4-2-1-3-5-18)25-19-8-6-16(7-9-19)14-17-10-12-23-13-11-17/h1-13,15H,14H2,(H,25,26). The highest BCUT2D eigenvalue weighted by molar-refractivity contribution is 7.12. The highest BCUT2D eigenvalue weighted by atomic mass is 32.1. The zero-order valence-corrected chi connectivity index (χ0v) is 15.3. The van der Waals surface area contributed by atoms with Crippen molar-refractivity contribution in [3.05, 3.63) is 101 Å². The molecule has 1 N–H and O–H groups in total. The summed E-state index contributed by atoms with van der Waals surface area (Å²) in [5.74, 6) is -0.141. The number of aromatic nitrogens is 2. The fourth-order valence-electron chi connectivity index (χ4n) is 2.84. The van der Waals surface area contributed by atoms with Crippen LogP contribution in [-0.4, -0.2) is 15.9 Å². The van der Waals surface area contributed by atoms with Gasteiger partial charge in [0, 0.05) is 23.6 Å². The third-order valence-electron chi connectivity index (χ3n) is 4.19. The van der Waals surface area contributed by atoms with E-state index in [1.807, 2.05) is 66.7 Å². The number of hydrogen-bond acceptors (Lipinski definition) is 4. The first-order chi connectivity index (χ1) is 13.3. The molecule has 0 spiro atoms. The predicted octanol–water partition coefficient (Wildman–Crippen LogP) is 5.05. The second kappa shape index (κ2) is 7.93. The topological polar surface area (TPSA) is 54.9 Å². The smallest absolute Gasteiger partial charge is 0.268 e. The zero-order chi connectivity index (χ0) is 18.5. The Labute approximate surface area is 161 Å². The van der Waals surface area contributed by atoms with Gasteiger partial charge in [-0.2, -0.15) is 0 Å². The highest BCUT2D eigenvalue weighted by Crippen LogP contribution is 2.26. The van der Waals surface area contributed by atoms with E-state index in [1.54, 1.807) is 17.9 Å². The second-order valence-electron chi connectivity index (χ2n) is 6.08. The summed E-state index contributed by atoms with van der Waals surface area (Å²) in [5.41, 5.74) is 6.52. The molecule has 2 aromatic carbocycles. The Morgan fingerprint density at radius 1 is 0.889 bits per heavy atom. The normalized spacial score (nSPS) is 10.5. The maximum absolute atomic E-state index is 12.7. The van der Waals surface area contributed by atoms with Gasteiger partial charge in [-0.25, -0.2) is 4.98 Å². The lowest BCUT2D eigenvalue weighted by Crippen LogP contribution is -2.11. The molecule has 0 radical (unpaired) electrons. The molecule has 0 atom stereocenters. The van der Waals surface area contributed by atoms with E-state index in [1.165, 1.54) is 22.5 Å². The highest BCUT2D eigenvalue weighted by Gasteiger charge is 2.16. The molecule has 27 heavy (non-hydrogen) atoms. The predicted molar refractivity (Wildman–Crippen MR) is 109 cm³/mol. The molecule has 2 aromatic heterocycles. The molecule has 2 heterocycles. The third kappa shape index (κ3) is 4.10. The largest absolute Gasteiger partial charge is 0.321 e. The fraction of sp³-hybridized carbons (Fsp3) is 0.0455. The van der Waals surface area contributed by atoms with Crippen LogP contribution >= 0.6 is 11.3 Å². The van der Waals surface area contributed by atoms with Crippen LogP contribution < -0.4 is 5.32 Å². The van der Waals surface area contributed by atoms with Gasteiger partial charge >= 0.3 is 0 Å². The minimum atomic E-state index is -0.141. The van der Waals surface area contributed by atoms with Gasteiger partial charge in [0.15, 0.2) is 0 Å². The molecule has 0 aliphatic carbocycles. The van der Waals surface area contributed by atoms with Gasteiger partial charge in [0.25, 0.3) is 5.91 Å². The van der Waals surface area contributed by atoms with E-state index in [4.69, 9.17) is 0 Å². The number of pyridine rings is 1. The van der Waals surface area contributed by atoms with Gasteiger partial charge < -0.3 is 5.32 Å². The minimum absolute atomic E-state index is 0.141. The van der Waals surface area contributed by atoms with Gasteiger partial charge in [-0.3, -0.25) is 9.78 Å². The Morgan fingerprint density at radius 2 is 1.59 bits per heavy atom. The number of anilines is 1. The first-order valence-corrected chi connectivity index (χ1v) is 9.45. The SMILES string of the molecule is O=C(Nc1ccc(Cc2ccncc2)cc1)c1scnc1-c1ccccc1. The van der Waals surface area contributed by atoms with Gasteiger partial charge in [0.05, 0.1) is 11.2 Å². The Kier molecular flexibility index (Phi) is 5.03. The quantitative estimate of drug-likeness (QED) is 0.534. The van der Waals surface area contributed by atoms with Crippen LogP contribution in [0.25, 0.3) is 11.3 Å². The summed E-state index contributed by atoms with van der Waals surface area (Å²) in [6.45, 7) is 0. The molecular weight excluding hydrogens is 354 g/mol. The molecule has 5 heteroatoms. The molecule has 4 rings (SSSR count). The van der Waals surface area contributed by atoms with Crippen LogP contribution in [0.2, 0.25) is 0 Å². The fourth-order valence-corrected chi connectivity index (χ4v) is 3.54. The lowest BCUT2D eigenvalue weighted by atomic mass is 10.1. The van der Waals surface area contributed by atoms with Crippen molar-refractivity contribution in [3.8, 4) is 11.3 Å². The number of benzene rings is 2. The Morgan fingerprint density at radius 3 is 2.33 bits per heavy atom. The average Bonchev–Trinajstić information content (AvgIpc) is 3.21. The van der Waals surface area contributed by atoms with E-state index in [9.17, 15) is 4.79 Å². The number of thiazole rings is 1. The molecule has 132 valence electrons. The number of carbonyl (C=O) groups excluding carboxylic acids is 1. The molecule has 1 amide bonds. The molecule has 0 unspecified atom stereocenters. The van der Waals surface area contributed by atoms with E-state index in [2.05, 4.69) is 15.3 Å². The molecule has 4 aromatic rings. The van der Waals surface area contributed by atoms with Crippen LogP contribution in [0.4, 0.5) is 5.69 Å². The molecule has 0 saturated carbocycles. The van der Waals surface area contributed by atoms with E-state index in [0.717, 1.165) is 17.7 Å². The first-order valence-electron chi connectivity index (χ1n) is 8.58. The maximum atomic E-state index is 12.7. The van der Waals surface area contributed by atoms with Crippen molar-refractivity contribution in [2.24, 2.45) is 0 Å². The summed E-state index contributed by atoms with van der Waals surface area (Å²) >= 11 is 1.35. The van der Waals surface area contributed by atoms with E-state index < -0.39 is 0 Å². The zero-order valence-electron chi connectivity index (χ0n) is 14.5. The van der Waals surface area contributed by atoms with Crippen molar-refractivity contribution in [1.82, 2.24) is 9.97 Å². The summed E-state index contributed by atoms with van der Waals surface area (Å²) in [6.07, 6.45) is 4.43. The summed E-state index contributed by atoms with van der Waals surface area (Å²) in [5, 5.41) is 2.97. The van der Waals surface area contributed by atoms with Gasteiger partial charge in [-0.15, -0.1) is 11.3 Å². The number of nitrogens with zero attached hydrogens (tertiary/aromatic N) is 2. The molecular formula is C22H17N3OS. The van der Waals surface area contributed by atoms with Crippen molar-refractivity contribution >= 4 is 22.9 Å². The molecule has 0 bridgehead atoms. The third-order valence-corrected chi connectivity index (χ3v) is 5.02. The van der Waals surface area contributed by atoms with Crippen LogP contribution in [-0.2, 0) is 6.42 Å². The number of carbonyl (C=O) groups is 1. The van der Waals surface area contributed by atoms with Crippen molar-refractivity contribution in [1.29, 1.82) is 0 Å². The van der Waals surface area contributed by atoms with E-state index in [-0.39, 0.29) is 5.91 Å². The lowest BCUT2D eigenvalue weighted by molar-refractivity contribution is 0.103. The van der Waals surface area contributed by atoms with Crippen LogP contribution in [0.15, 0.2) is 84.6 Å². The summed E-state index contributed by atoms with van der Waals surface area (Å²) in [7, 11) is 0. The molecule has 0 aliphatic rings. The average molecular weight is 371 g/mol. The van der Waals surface area contributed by atoms with Gasteiger partial charge in [0.2, 0.25) is 0 Å². The first kappa shape index (κ1) is 17.1. The number of nitrogens with one attached hydrogen (secondary N) is 1. The Bertz CT molecular complexity index is 1030. The molecule has 0 fully saturated rings. The van der Waals surface area contributed by atoms with Gasteiger partial charge in [-0.05, 0) is 41.8 Å². The van der Waals surface area contributed by atoms with Crippen molar-refractivity contribution < 1.29 is 4.79 Å². The second-order valence-corrected chi connectivity index (χ2v) is 6.93. The Hall–Kier alpha value is -3.31. The number of rotatable bonds is 5. The monoisotopic (exact) mass is 371 g/mol. The van der Waals surface area contributed by atoms with Crippen LogP contribution in [0.3, 0.4) is 0 Å². The van der Waals surface area contributed by atoms with Crippen LogP contribution in [0.1, 0.15) is 20.8 Å². The summed E-state index contributed by atoms with van der Waals surface area (Å²) in [6, 6.07) is 21.7. The molecule has 0 aliphatic heterocycles. The van der Waals surface area contributed by atoms with E-state index in [0.29, 0.717) is 10.6 Å². The van der Waals surface area contributed by atoms with E-state index >= 15 is 0 Å². The summed E-state index contributed by atoms with van der Waals surface area (Å²) in [4.78, 5) is 21.7. The van der Waals surface area contributed by atoms with Crippen LogP contribution in [0, 0.1) is 0 Å². The van der Waals surface area contributed by atoms with Crippen molar-refractivity contribution in [3.63, 3.8) is 0 Å². The van der Waals surface area contributed by atoms with Crippen LogP contribution in [0.5, 0.6) is 0 Å². The number of amides is 1. The number of hydrogen-bond donors (Lipinski definition) is 1. The van der Waals surface area contributed by atoms with Crippen molar-refractivity contribution in [2.75, 3.05) is 5.32 Å². The van der Waals surface area contributed by atoms with Gasteiger partial charge in [-0.1, -0.05) is 42.5 Å². The Balaban J connectivity index is 1.47. The van der Waals surface area contributed by atoms with Crippen molar-refractivity contribution in [2.45, 2.75) is 6.42 Å². The minimum Gasteiger partial charge on any atom is -0.321 e. The lowest BCUT2D eigenvalue weighted by Gasteiger charge is -2.07. The molecule has 0 saturated heterocycles. The summed E-state index contributed by atoms with van der Waals surface area (Å²) < 4.78 is 0. The maximum Gasteiger partial charge on any atom is 0.268 e. The molecule has 4 nitrogen and oxygen atoms in total. The van der Waals surface area contributed by atoms with Gasteiger partial charge in [0.1, 0.15) is 4.88 Å².